The monoisotopic (exact) mass is 215 g/mol. The number of hydrogen-bond acceptors (Lipinski definition) is 3. The van der Waals surface area contributed by atoms with Crippen LogP contribution in [-0.2, 0) is 11.3 Å². The predicted octanol–water partition coefficient (Wildman–Crippen LogP) is 2.17. The van der Waals surface area contributed by atoms with Gasteiger partial charge < -0.3 is 15.2 Å². The van der Waals surface area contributed by atoms with Crippen molar-refractivity contribution in [2.45, 2.75) is 13.5 Å². The molecule has 0 bridgehead atoms. The Bertz CT molecular complexity index is 291. The van der Waals surface area contributed by atoms with E-state index in [4.69, 9.17) is 26.8 Å². The molecule has 1 aromatic rings. The van der Waals surface area contributed by atoms with Gasteiger partial charge in [-0.25, -0.2) is 0 Å². The van der Waals surface area contributed by atoms with Crippen LogP contribution < -0.4 is 10.5 Å². The van der Waals surface area contributed by atoms with E-state index < -0.39 is 0 Å². The standard InChI is InChI=1S/C10H14ClNO2/c1-2-13-7-14-10-5-9(11)4-3-8(10)6-12/h3-5H,2,6-7,12H2,1H3. The Kier molecular flexibility index (Phi) is 4.73. The Labute approximate surface area is 88.8 Å². The van der Waals surface area contributed by atoms with E-state index in [0.717, 1.165) is 5.56 Å². The zero-order valence-electron chi connectivity index (χ0n) is 8.13. The summed E-state index contributed by atoms with van der Waals surface area (Å²) in [5, 5.41) is 0.633. The molecule has 78 valence electrons. The molecule has 0 unspecified atom stereocenters. The lowest BCUT2D eigenvalue weighted by Crippen LogP contribution is -2.06. The first kappa shape index (κ1) is 11.3. The minimum absolute atomic E-state index is 0.226. The summed E-state index contributed by atoms with van der Waals surface area (Å²) >= 11 is 5.82. The molecule has 1 rings (SSSR count). The van der Waals surface area contributed by atoms with Crippen LogP contribution in [0, 0.1) is 0 Å². The van der Waals surface area contributed by atoms with Gasteiger partial charge in [-0.2, -0.15) is 0 Å². The van der Waals surface area contributed by atoms with Crippen molar-refractivity contribution in [3.63, 3.8) is 0 Å². The first-order valence-electron chi connectivity index (χ1n) is 4.47. The van der Waals surface area contributed by atoms with Crippen LogP contribution in [0.15, 0.2) is 18.2 Å². The van der Waals surface area contributed by atoms with E-state index in [0.29, 0.717) is 23.9 Å². The van der Waals surface area contributed by atoms with Crippen LogP contribution in [0.3, 0.4) is 0 Å². The van der Waals surface area contributed by atoms with Gasteiger partial charge in [-0.05, 0) is 19.1 Å². The molecule has 2 N–H and O–H groups in total. The van der Waals surface area contributed by atoms with Gasteiger partial charge in [-0.15, -0.1) is 0 Å². The van der Waals surface area contributed by atoms with Crippen molar-refractivity contribution in [1.29, 1.82) is 0 Å². The zero-order chi connectivity index (χ0) is 10.4. The fourth-order valence-corrected chi connectivity index (χ4v) is 1.18. The first-order chi connectivity index (χ1) is 6.77. The summed E-state index contributed by atoms with van der Waals surface area (Å²) in [4.78, 5) is 0. The number of nitrogens with two attached hydrogens (primary N) is 1. The summed E-state index contributed by atoms with van der Waals surface area (Å²) < 4.78 is 10.4. The lowest BCUT2D eigenvalue weighted by atomic mass is 10.2. The molecule has 0 fully saturated rings. The molecule has 0 aliphatic rings. The van der Waals surface area contributed by atoms with Crippen LogP contribution in [0.1, 0.15) is 12.5 Å². The first-order valence-corrected chi connectivity index (χ1v) is 4.84. The van der Waals surface area contributed by atoms with Gasteiger partial charge in [-0.3, -0.25) is 0 Å². The summed E-state index contributed by atoms with van der Waals surface area (Å²) in [6, 6.07) is 5.38. The summed E-state index contributed by atoms with van der Waals surface area (Å²) in [7, 11) is 0. The van der Waals surface area contributed by atoms with Gasteiger partial charge in [-0.1, -0.05) is 17.7 Å². The van der Waals surface area contributed by atoms with Crippen molar-refractivity contribution in [2.24, 2.45) is 5.73 Å². The largest absolute Gasteiger partial charge is 0.467 e. The maximum atomic E-state index is 5.82. The molecule has 14 heavy (non-hydrogen) atoms. The van der Waals surface area contributed by atoms with E-state index in [-0.39, 0.29) is 6.79 Å². The molecule has 0 spiro atoms. The third-order valence-corrected chi connectivity index (χ3v) is 1.99. The van der Waals surface area contributed by atoms with Crippen molar-refractivity contribution in [3.05, 3.63) is 28.8 Å². The van der Waals surface area contributed by atoms with Gasteiger partial charge in [0.2, 0.25) is 0 Å². The van der Waals surface area contributed by atoms with Gasteiger partial charge in [0.15, 0.2) is 6.79 Å². The Hall–Kier alpha value is -0.770. The zero-order valence-corrected chi connectivity index (χ0v) is 8.88. The molecule has 0 radical (unpaired) electrons. The molecular weight excluding hydrogens is 202 g/mol. The number of rotatable bonds is 5. The van der Waals surface area contributed by atoms with Crippen molar-refractivity contribution in [2.75, 3.05) is 13.4 Å². The normalized spacial score (nSPS) is 10.2. The summed E-state index contributed by atoms with van der Waals surface area (Å²) in [6.45, 7) is 3.19. The summed E-state index contributed by atoms with van der Waals surface area (Å²) in [5.74, 6) is 0.688. The SMILES string of the molecule is CCOCOc1cc(Cl)ccc1CN. The van der Waals surface area contributed by atoms with E-state index in [1.165, 1.54) is 0 Å². The molecule has 0 aliphatic heterocycles. The maximum absolute atomic E-state index is 5.82. The van der Waals surface area contributed by atoms with Crippen molar-refractivity contribution >= 4 is 11.6 Å². The second-order valence-corrected chi connectivity index (χ2v) is 3.15. The van der Waals surface area contributed by atoms with Gasteiger partial charge in [0.05, 0.1) is 0 Å². The predicted molar refractivity (Wildman–Crippen MR) is 56.5 cm³/mol. The molecule has 4 heteroatoms. The molecular formula is C10H14ClNO2. The maximum Gasteiger partial charge on any atom is 0.189 e. The van der Waals surface area contributed by atoms with Crippen molar-refractivity contribution in [3.8, 4) is 5.75 Å². The Balaban J connectivity index is 2.67. The van der Waals surface area contributed by atoms with Crippen LogP contribution in [0.2, 0.25) is 5.02 Å². The van der Waals surface area contributed by atoms with E-state index in [1.54, 1.807) is 12.1 Å². The fraction of sp³-hybridized carbons (Fsp3) is 0.400. The molecule has 1 aromatic carbocycles. The highest BCUT2D eigenvalue weighted by molar-refractivity contribution is 6.30. The molecule has 3 nitrogen and oxygen atoms in total. The van der Waals surface area contributed by atoms with Crippen molar-refractivity contribution < 1.29 is 9.47 Å². The highest BCUT2D eigenvalue weighted by Crippen LogP contribution is 2.22. The summed E-state index contributed by atoms with van der Waals surface area (Å²) in [5.41, 5.74) is 6.47. The minimum atomic E-state index is 0.226. The molecule has 0 saturated heterocycles. The number of halogens is 1. The molecule has 0 amide bonds. The molecule has 0 heterocycles. The number of benzene rings is 1. The van der Waals surface area contributed by atoms with Gasteiger partial charge in [0, 0.05) is 23.7 Å². The highest BCUT2D eigenvalue weighted by atomic mass is 35.5. The second-order valence-electron chi connectivity index (χ2n) is 2.71. The molecule has 0 atom stereocenters. The number of hydrogen-bond donors (Lipinski definition) is 1. The van der Waals surface area contributed by atoms with Crippen LogP contribution in [0.4, 0.5) is 0 Å². The van der Waals surface area contributed by atoms with Crippen LogP contribution in [0.25, 0.3) is 0 Å². The van der Waals surface area contributed by atoms with Gasteiger partial charge in [0.1, 0.15) is 5.75 Å². The van der Waals surface area contributed by atoms with Crippen LogP contribution in [-0.4, -0.2) is 13.4 Å². The van der Waals surface area contributed by atoms with Crippen LogP contribution >= 0.6 is 11.6 Å². The molecule has 0 aromatic heterocycles. The summed E-state index contributed by atoms with van der Waals surface area (Å²) in [6.07, 6.45) is 0. The van der Waals surface area contributed by atoms with E-state index >= 15 is 0 Å². The Morgan fingerprint density at radius 1 is 1.43 bits per heavy atom. The fourth-order valence-electron chi connectivity index (χ4n) is 1.02. The van der Waals surface area contributed by atoms with Crippen molar-refractivity contribution in [1.82, 2.24) is 0 Å². The van der Waals surface area contributed by atoms with E-state index in [2.05, 4.69) is 0 Å². The molecule has 0 saturated carbocycles. The number of ether oxygens (including phenoxy) is 2. The van der Waals surface area contributed by atoms with Crippen LogP contribution in [0.5, 0.6) is 5.75 Å². The lowest BCUT2D eigenvalue weighted by molar-refractivity contribution is 0.0218. The highest BCUT2D eigenvalue weighted by Gasteiger charge is 2.02. The second kappa shape index (κ2) is 5.86. The van der Waals surface area contributed by atoms with Gasteiger partial charge >= 0.3 is 0 Å². The Morgan fingerprint density at radius 2 is 2.21 bits per heavy atom. The third kappa shape index (κ3) is 3.18. The smallest absolute Gasteiger partial charge is 0.189 e. The lowest BCUT2D eigenvalue weighted by Gasteiger charge is -2.10. The van der Waals surface area contributed by atoms with Gasteiger partial charge in [0.25, 0.3) is 0 Å². The van der Waals surface area contributed by atoms with E-state index in [1.807, 2.05) is 13.0 Å². The Morgan fingerprint density at radius 3 is 2.86 bits per heavy atom. The van der Waals surface area contributed by atoms with E-state index in [9.17, 15) is 0 Å². The average Bonchev–Trinajstić information content (AvgIpc) is 2.19. The third-order valence-electron chi connectivity index (χ3n) is 1.75. The minimum Gasteiger partial charge on any atom is -0.467 e. The quantitative estimate of drug-likeness (QED) is 0.605. The molecule has 0 aliphatic carbocycles. The topological polar surface area (TPSA) is 44.5 Å². The average molecular weight is 216 g/mol.